The minimum Gasteiger partial charge on any atom is -0.394 e. The van der Waals surface area contributed by atoms with E-state index in [2.05, 4.69) is 35.3 Å². The summed E-state index contributed by atoms with van der Waals surface area (Å²) in [5.41, 5.74) is 5.04. The number of benzene rings is 2. The molecular weight excluding hydrogens is 374 g/mol. The van der Waals surface area contributed by atoms with E-state index < -0.39 is 12.1 Å². The van der Waals surface area contributed by atoms with Crippen LogP contribution < -0.4 is 0 Å². The summed E-state index contributed by atoms with van der Waals surface area (Å²) in [7, 11) is 0. The van der Waals surface area contributed by atoms with Crippen molar-refractivity contribution in [3.63, 3.8) is 0 Å². The quantitative estimate of drug-likeness (QED) is 0.715. The third-order valence-corrected chi connectivity index (χ3v) is 5.78. The SMILES string of the molecule is Cc1ccc(-c2ccccc2[C@H]2[C@@H](C#N)N(C(=O)Cc3cccnc3)[C@H]2CO)cc1. The minimum absolute atomic E-state index is 0.162. The van der Waals surface area contributed by atoms with Crippen LogP contribution in [0.25, 0.3) is 11.1 Å². The lowest BCUT2D eigenvalue weighted by atomic mass is 9.73. The maximum Gasteiger partial charge on any atom is 0.228 e. The van der Waals surface area contributed by atoms with Crippen molar-refractivity contribution in [1.82, 2.24) is 9.88 Å². The standard InChI is InChI=1S/C25H23N3O2/c1-17-8-10-19(11-9-17)20-6-2-3-7-21(20)25-22(14-26)28(23(25)16-29)24(30)13-18-5-4-12-27-15-18/h2-12,15,22-23,25,29H,13,16H2,1H3/t22-,23+,25+/m1/s1. The Morgan fingerprint density at radius 2 is 1.90 bits per heavy atom. The molecule has 1 aromatic heterocycles. The summed E-state index contributed by atoms with van der Waals surface area (Å²) in [6.45, 7) is 1.85. The van der Waals surface area contributed by atoms with Gasteiger partial charge in [-0.3, -0.25) is 9.78 Å². The first-order chi connectivity index (χ1) is 14.6. The molecule has 0 unspecified atom stereocenters. The molecule has 0 radical (unpaired) electrons. The zero-order valence-electron chi connectivity index (χ0n) is 16.8. The van der Waals surface area contributed by atoms with E-state index in [1.165, 1.54) is 10.5 Å². The Labute approximate surface area is 176 Å². The first-order valence-corrected chi connectivity index (χ1v) is 10.0. The Morgan fingerprint density at radius 3 is 2.57 bits per heavy atom. The summed E-state index contributed by atoms with van der Waals surface area (Å²) >= 11 is 0. The van der Waals surface area contributed by atoms with E-state index in [-0.39, 0.29) is 24.9 Å². The van der Waals surface area contributed by atoms with Crippen molar-refractivity contribution in [2.24, 2.45) is 0 Å². The molecule has 1 N–H and O–H groups in total. The molecule has 5 heteroatoms. The van der Waals surface area contributed by atoms with E-state index in [4.69, 9.17) is 0 Å². The Kier molecular flexibility index (Phi) is 5.60. The molecule has 2 aromatic carbocycles. The van der Waals surface area contributed by atoms with Crippen molar-refractivity contribution in [3.8, 4) is 17.2 Å². The van der Waals surface area contributed by atoms with Gasteiger partial charge in [-0.25, -0.2) is 0 Å². The number of nitriles is 1. The van der Waals surface area contributed by atoms with Gasteiger partial charge in [-0.2, -0.15) is 5.26 Å². The highest BCUT2D eigenvalue weighted by molar-refractivity contribution is 5.82. The number of pyridine rings is 1. The predicted octanol–water partition coefficient (Wildman–Crippen LogP) is 3.48. The van der Waals surface area contributed by atoms with Crippen LogP contribution in [0.1, 0.15) is 22.6 Å². The summed E-state index contributed by atoms with van der Waals surface area (Å²) < 4.78 is 0. The van der Waals surface area contributed by atoms with Gasteiger partial charge in [0.2, 0.25) is 5.91 Å². The lowest BCUT2D eigenvalue weighted by molar-refractivity contribution is -0.146. The fourth-order valence-electron chi connectivity index (χ4n) is 4.28. The number of hydrogen-bond donors (Lipinski definition) is 1. The molecule has 1 aliphatic heterocycles. The average Bonchev–Trinajstić information content (AvgIpc) is 2.75. The van der Waals surface area contributed by atoms with Crippen LogP contribution in [0.5, 0.6) is 0 Å². The molecule has 1 fully saturated rings. The average molecular weight is 397 g/mol. The molecule has 1 saturated heterocycles. The number of aromatic nitrogens is 1. The first kappa shape index (κ1) is 19.8. The van der Waals surface area contributed by atoms with E-state index in [0.29, 0.717) is 0 Å². The van der Waals surface area contributed by atoms with Gasteiger partial charge in [-0.05, 0) is 35.2 Å². The lowest BCUT2D eigenvalue weighted by Crippen LogP contribution is -2.65. The number of amides is 1. The van der Waals surface area contributed by atoms with E-state index in [1.807, 2.05) is 37.3 Å². The number of aliphatic hydroxyl groups is 1. The summed E-state index contributed by atoms with van der Waals surface area (Å²) in [4.78, 5) is 18.5. The van der Waals surface area contributed by atoms with Gasteiger partial charge in [0.05, 0.1) is 25.1 Å². The van der Waals surface area contributed by atoms with Crippen molar-refractivity contribution >= 4 is 5.91 Å². The summed E-state index contributed by atoms with van der Waals surface area (Å²) in [6, 6.07) is 21.1. The monoisotopic (exact) mass is 397 g/mol. The number of nitrogens with zero attached hydrogens (tertiary/aromatic N) is 3. The highest BCUT2D eigenvalue weighted by atomic mass is 16.3. The van der Waals surface area contributed by atoms with Gasteiger partial charge in [0.1, 0.15) is 6.04 Å². The maximum atomic E-state index is 12.9. The molecule has 5 nitrogen and oxygen atoms in total. The fraction of sp³-hybridized carbons (Fsp3) is 0.240. The van der Waals surface area contributed by atoms with Gasteiger partial charge in [-0.15, -0.1) is 0 Å². The molecule has 1 amide bonds. The summed E-state index contributed by atoms with van der Waals surface area (Å²) in [6.07, 6.45) is 3.47. The number of aryl methyl sites for hydroxylation is 1. The van der Waals surface area contributed by atoms with Crippen molar-refractivity contribution in [2.45, 2.75) is 31.3 Å². The third-order valence-electron chi connectivity index (χ3n) is 5.78. The minimum atomic E-state index is -0.613. The number of aliphatic hydroxyl groups excluding tert-OH is 1. The molecular formula is C25H23N3O2. The molecule has 4 rings (SSSR count). The van der Waals surface area contributed by atoms with Crippen LogP contribution in [0.15, 0.2) is 73.1 Å². The van der Waals surface area contributed by atoms with Crippen molar-refractivity contribution < 1.29 is 9.90 Å². The zero-order chi connectivity index (χ0) is 21.1. The molecule has 2 heterocycles. The third kappa shape index (κ3) is 3.58. The molecule has 3 atom stereocenters. The van der Waals surface area contributed by atoms with Gasteiger partial charge in [0, 0.05) is 18.3 Å². The highest BCUT2D eigenvalue weighted by Crippen LogP contribution is 2.44. The molecule has 3 aromatic rings. The maximum absolute atomic E-state index is 12.9. The van der Waals surface area contributed by atoms with E-state index in [1.54, 1.807) is 18.5 Å². The van der Waals surface area contributed by atoms with Gasteiger partial charge < -0.3 is 10.0 Å². The number of hydrogen-bond acceptors (Lipinski definition) is 4. The van der Waals surface area contributed by atoms with Gasteiger partial charge in [0.15, 0.2) is 0 Å². The molecule has 0 spiro atoms. The Hall–Kier alpha value is -3.49. The van der Waals surface area contributed by atoms with Gasteiger partial charge >= 0.3 is 0 Å². The highest BCUT2D eigenvalue weighted by Gasteiger charge is 2.52. The van der Waals surface area contributed by atoms with Gasteiger partial charge in [-0.1, -0.05) is 60.2 Å². The second kappa shape index (κ2) is 8.48. The largest absolute Gasteiger partial charge is 0.394 e. The van der Waals surface area contributed by atoms with Crippen LogP contribution in [0.3, 0.4) is 0 Å². The second-order valence-corrected chi connectivity index (χ2v) is 7.64. The van der Waals surface area contributed by atoms with Crippen LogP contribution in [0.2, 0.25) is 0 Å². The molecule has 1 aliphatic rings. The molecule has 30 heavy (non-hydrogen) atoms. The number of likely N-dealkylation sites (tertiary alicyclic amines) is 1. The Morgan fingerprint density at radius 1 is 1.13 bits per heavy atom. The zero-order valence-corrected chi connectivity index (χ0v) is 16.8. The molecule has 150 valence electrons. The Bertz CT molecular complexity index is 1070. The van der Waals surface area contributed by atoms with E-state index >= 15 is 0 Å². The molecule has 0 aliphatic carbocycles. The number of carbonyl (C=O) groups is 1. The van der Waals surface area contributed by atoms with Gasteiger partial charge in [0.25, 0.3) is 0 Å². The van der Waals surface area contributed by atoms with Crippen LogP contribution in [-0.2, 0) is 11.2 Å². The number of carbonyl (C=O) groups excluding carboxylic acids is 1. The number of rotatable bonds is 5. The van der Waals surface area contributed by atoms with Crippen molar-refractivity contribution in [3.05, 3.63) is 89.7 Å². The normalized spacial score (nSPS) is 20.3. The van der Waals surface area contributed by atoms with Crippen LogP contribution in [0.4, 0.5) is 0 Å². The summed E-state index contributed by atoms with van der Waals surface area (Å²) in [5, 5.41) is 20.0. The van der Waals surface area contributed by atoms with Crippen LogP contribution in [0, 0.1) is 18.3 Å². The smallest absolute Gasteiger partial charge is 0.228 e. The second-order valence-electron chi connectivity index (χ2n) is 7.64. The van der Waals surface area contributed by atoms with Crippen LogP contribution in [-0.4, -0.2) is 39.6 Å². The molecule has 0 saturated carbocycles. The topological polar surface area (TPSA) is 77.2 Å². The first-order valence-electron chi connectivity index (χ1n) is 10.0. The fourth-order valence-corrected chi connectivity index (χ4v) is 4.28. The lowest BCUT2D eigenvalue weighted by Gasteiger charge is -2.52. The van der Waals surface area contributed by atoms with Crippen molar-refractivity contribution in [2.75, 3.05) is 6.61 Å². The Balaban J connectivity index is 1.65. The molecule has 0 bridgehead atoms. The predicted molar refractivity (Wildman–Crippen MR) is 114 cm³/mol. The van der Waals surface area contributed by atoms with E-state index in [9.17, 15) is 15.2 Å². The van der Waals surface area contributed by atoms with Crippen molar-refractivity contribution in [1.29, 1.82) is 5.26 Å². The van der Waals surface area contributed by atoms with Crippen LogP contribution >= 0.6 is 0 Å². The summed E-state index contributed by atoms with van der Waals surface area (Å²) in [5.74, 6) is -0.409. The van der Waals surface area contributed by atoms with E-state index in [0.717, 1.165) is 22.3 Å².